The molecule has 1 aliphatic rings. The monoisotopic (exact) mass is 705 g/mol. The summed E-state index contributed by atoms with van der Waals surface area (Å²) in [6, 6.07) is 60.6. The summed E-state index contributed by atoms with van der Waals surface area (Å²) in [5, 5.41) is 6.73. The van der Waals surface area contributed by atoms with Crippen molar-refractivity contribution in [2.45, 2.75) is 12.8 Å². The lowest BCUT2D eigenvalue weighted by Crippen LogP contribution is -2.10. The third-order valence-corrected chi connectivity index (χ3v) is 11.1. The maximum Gasteiger partial charge on any atom is 0.159 e. The molecule has 2 heterocycles. The molecule has 10 aromatic rings. The molecule has 55 heavy (non-hydrogen) atoms. The van der Waals surface area contributed by atoms with E-state index in [-0.39, 0.29) is 0 Å². The highest BCUT2D eigenvalue weighted by atomic mass is 16.3. The molecular weight excluding hydrogens is 671 g/mol. The third-order valence-electron chi connectivity index (χ3n) is 11.1. The molecule has 0 saturated heterocycles. The zero-order valence-electron chi connectivity index (χ0n) is 30.1. The fraction of sp³-hybridized carbons (Fsp3) is 0.0385. The van der Waals surface area contributed by atoms with E-state index in [4.69, 9.17) is 8.83 Å². The quantitative estimate of drug-likeness (QED) is 0.172. The smallest absolute Gasteiger partial charge is 0.159 e. The van der Waals surface area contributed by atoms with Crippen LogP contribution in [-0.4, -0.2) is 0 Å². The van der Waals surface area contributed by atoms with Crippen LogP contribution in [0.2, 0.25) is 0 Å². The van der Waals surface area contributed by atoms with Crippen LogP contribution in [0.5, 0.6) is 0 Å². The molecule has 0 spiro atoms. The lowest BCUT2D eigenvalue weighted by atomic mass is 9.94. The first kappa shape index (κ1) is 31.4. The van der Waals surface area contributed by atoms with Crippen LogP contribution in [0.1, 0.15) is 18.4 Å². The molecule has 11 rings (SSSR count). The van der Waals surface area contributed by atoms with Gasteiger partial charge in [-0.05, 0) is 106 Å². The summed E-state index contributed by atoms with van der Waals surface area (Å²) in [5.41, 5.74) is 13.9. The highest BCUT2D eigenvalue weighted by Crippen LogP contribution is 2.45. The van der Waals surface area contributed by atoms with Crippen LogP contribution in [0.3, 0.4) is 0 Å². The molecule has 260 valence electrons. The normalized spacial score (nSPS) is 13.0. The molecular formula is C52H35NO2. The molecule has 0 saturated carbocycles. The Morgan fingerprint density at radius 1 is 0.400 bits per heavy atom. The Balaban J connectivity index is 1.06. The minimum atomic E-state index is 0.868. The Kier molecular flexibility index (Phi) is 7.31. The van der Waals surface area contributed by atoms with E-state index in [1.165, 1.54) is 27.8 Å². The number of furan rings is 2. The first-order valence-corrected chi connectivity index (χ1v) is 19.0. The largest absolute Gasteiger partial charge is 0.455 e. The number of allylic oxidation sites excluding steroid dienone is 4. The van der Waals surface area contributed by atoms with Crippen molar-refractivity contribution in [3.8, 4) is 22.3 Å². The summed E-state index contributed by atoms with van der Waals surface area (Å²) in [6.45, 7) is 0. The Morgan fingerprint density at radius 3 is 1.82 bits per heavy atom. The number of anilines is 3. The number of para-hydroxylation sites is 2. The van der Waals surface area contributed by atoms with Crippen molar-refractivity contribution in [2.75, 3.05) is 4.90 Å². The SMILES string of the molecule is C1=CC(c2ccc(N(c3ccc(-c4cc5c6cc(-c7ccccc7)ccc6oc5c5ccccc45)cc3)c3cccc4c3oc3ccccc34)cc2)=CCC1. The van der Waals surface area contributed by atoms with Crippen LogP contribution in [0.15, 0.2) is 197 Å². The van der Waals surface area contributed by atoms with Gasteiger partial charge in [-0.3, -0.25) is 0 Å². The van der Waals surface area contributed by atoms with Gasteiger partial charge in [-0.15, -0.1) is 0 Å². The molecule has 8 aromatic carbocycles. The second kappa shape index (κ2) is 12.8. The van der Waals surface area contributed by atoms with E-state index < -0.39 is 0 Å². The van der Waals surface area contributed by atoms with Crippen LogP contribution >= 0.6 is 0 Å². The number of benzene rings is 8. The van der Waals surface area contributed by atoms with Crippen molar-refractivity contribution in [2.24, 2.45) is 0 Å². The average Bonchev–Trinajstić information content (AvgIpc) is 3.83. The van der Waals surface area contributed by atoms with E-state index >= 15 is 0 Å². The third kappa shape index (κ3) is 5.27. The minimum Gasteiger partial charge on any atom is -0.455 e. The predicted molar refractivity (Wildman–Crippen MR) is 230 cm³/mol. The molecule has 1 aliphatic carbocycles. The molecule has 0 aliphatic heterocycles. The molecule has 0 radical (unpaired) electrons. The van der Waals surface area contributed by atoms with E-state index in [0.29, 0.717) is 0 Å². The number of rotatable bonds is 6. The number of nitrogens with zero attached hydrogens (tertiary/aromatic N) is 1. The zero-order valence-corrected chi connectivity index (χ0v) is 30.1. The van der Waals surface area contributed by atoms with Crippen LogP contribution in [0, 0.1) is 0 Å². The maximum absolute atomic E-state index is 6.60. The average molecular weight is 706 g/mol. The minimum absolute atomic E-state index is 0.868. The van der Waals surface area contributed by atoms with Crippen molar-refractivity contribution in [3.63, 3.8) is 0 Å². The Morgan fingerprint density at radius 2 is 1.04 bits per heavy atom. The van der Waals surface area contributed by atoms with Gasteiger partial charge in [-0.25, -0.2) is 0 Å². The highest BCUT2D eigenvalue weighted by molar-refractivity contribution is 6.19. The Bertz CT molecular complexity index is 3130. The van der Waals surface area contributed by atoms with Crippen molar-refractivity contribution in [1.29, 1.82) is 0 Å². The topological polar surface area (TPSA) is 29.5 Å². The number of hydrogen-bond donors (Lipinski definition) is 0. The fourth-order valence-corrected chi connectivity index (χ4v) is 8.40. The number of hydrogen-bond acceptors (Lipinski definition) is 3. The van der Waals surface area contributed by atoms with Gasteiger partial charge in [0, 0.05) is 38.3 Å². The lowest BCUT2D eigenvalue weighted by Gasteiger charge is -2.26. The Labute approximate surface area is 318 Å². The Hall–Kier alpha value is -7.10. The van der Waals surface area contributed by atoms with Gasteiger partial charge in [-0.2, -0.15) is 0 Å². The molecule has 0 amide bonds. The van der Waals surface area contributed by atoms with Gasteiger partial charge in [0.2, 0.25) is 0 Å². The standard InChI is InChI=1S/C52H35NO2/c1-3-12-34(13-4-1)36-22-27-39(28-23-36)53(48-20-11-19-44-42-17-9-10-21-49(42)55-52(44)48)40-29-24-37(25-30-40)45-33-47-46-32-38(35-14-5-2-6-15-35)26-31-50(46)54-51(47)43-18-8-7-16-41(43)45/h2-3,5-33H,1,4H2. The maximum atomic E-state index is 6.60. The molecule has 0 N–H and O–H groups in total. The van der Waals surface area contributed by atoms with Gasteiger partial charge in [0.1, 0.15) is 16.7 Å². The van der Waals surface area contributed by atoms with Crippen molar-refractivity contribution < 1.29 is 8.83 Å². The molecule has 0 atom stereocenters. The zero-order chi connectivity index (χ0) is 36.3. The number of fused-ring (bicyclic) bond motifs is 8. The van der Waals surface area contributed by atoms with E-state index in [1.54, 1.807) is 0 Å². The molecule has 0 unspecified atom stereocenters. The second-order valence-electron chi connectivity index (χ2n) is 14.3. The molecule has 0 bridgehead atoms. The molecule has 2 aromatic heterocycles. The van der Waals surface area contributed by atoms with Crippen molar-refractivity contribution >= 4 is 77.3 Å². The van der Waals surface area contributed by atoms with Gasteiger partial charge in [-0.1, -0.05) is 133 Å². The van der Waals surface area contributed by atoms with Gasteiger partial charge in [0.05, 0.1) is 5.69 Å². The first-order chi connectivity index (χ1) is 27.3. The van der Waals surface area contributed by atoms with Gasteiger partial charge in [0.15, 0.2) is 5.58 Å². The van der Waals surface area contributed by atoms with Crippen LogP contribution in [-0.2, 0) is 0 Å². The van der Waals surface area contributed by atoms with Crippen molar-refractivity contribution in [3.05, 3.63) is 194 Å². The summed E-state index contributed by atoms with van der Waals surface area (Å²) >= 11 is 0. The summed E-state index contributed by atoms with van der Waals surface area (Å²) in [4.78, 5) is 2.32. The fourth-order valence-electron chi connectivity index (χ4n) is 8.40. The van der Waals surface area contributed by atoms with Gasteiger partial charge in [0.25, 0.3) is 0 Å². The lowest BCUT2D eigenvalue weighted by molar-refractivity contribution is 0.669. The van der Waals surface area contributed by atoms with E-state index in [9.17, 15) is 0 Å². The van der Waals surface area contributed by atoms with Gasteiger partial charge >= 0.3 is 0 Å². The van der Waals surface area contributed by atoms with E-state index in [1.807, 2.05) is 12.1 Å². The second-order valence-corrected chi connectivity index (χ2v) is 14.3. The highest BCUT2D eigenvalue weighted by Gasteiger charge is 2.21. The van der Waals surface area contributed by atoms with Crippen LogP contribution in [0.25, 0.3) is 82.5 Å². The van der Waals surface area contributed by atoms with Crippen LogP contribution in [0.4, 0.5) is 17.1 Å². The summed E-state index contributed by atoms with van der Waals surface area (Å²) in [6.07, 6.45) is 9.01. The summed E-state index contributed by atoms with van der Waals surface area (Å²) in [5.74, 6) is 0. The summed E-state index contributed by atoms with van der Waals surface area (Å²) in [7, 11) is 0. The first-order valence-electron chi connectivity index (χ1n) is 19.0. The van der Waals surface area contributed by atoms with Crippen LogP contribution < -0.4 is 4.90 Å². The molecule has 3 nitrogen and oxygen atoms in total. The summed E-state index contributed by atoms with van der Waals surface area (Å²) < 4.78 is 13.2. The van der Waals surface area contributed by atoms with Gasteiger partial charge < -0.3 is 13.7 Å². The van der Waals surface area contributed by atoms with E-state index in [0.717, 1.165) is 90.1 Å². The predicted octanol–water partition coefficient (Wildman–Crippen LogP) is 15.2. The molecule has 0 fully saturated rings. The molecule has 3 heteroatoms. The van der Waals surface area contributed by atoms with Crippen molar-refractivity contribution in [1.82, 2.24) is 0 Å². The van der Waals surface area contributed by atoms with E-state index in [2.05, 4.69) is 181 Å².